The van der Waals surface area contributed by atoms with Gasteiger partial charge in [-0.15, -0.1) is 6.58 Å². The summed E-state index contributed by atoms with van der Waals surface area (Å²) in [5, 5.41) is 24.9. The molecule has 0 bridgehead atoms. The van der Waals surface area contributed by atoms with Gasteiger partial charge in [0.2, 0.25) is 11.8 Å². The van der Waals surface area contributed by atoms with Gasteiger partial charge in [0.15, 0.2) is 11.5 Å². The fourth-order valence-electron chi connectivity index (χ4n) is 5.53. The number of carbonyl (C=O) groups excluding carboxylic acids is 3. The maximum absolute atomic E-state index is 13.8. The first-order valence-electron chi connectivity index (χ1n) is 15.0. The molecule has 1 heterocycles. The van der Waals surface area contributed by atoms with Gasteiger partial charge in [0, 0.05) is 54.7 Å². The standard InChI is InChI=1S/C34H40IN3O7/c1-3-4-5-6-11-31(41)38(14-12-25-18-23-9-7-8-10-27(23)37-25)28-19-24(34(43)36-13-15-39)20-29(32(28)42)45-33-26(35)16-22(21-40)17-30(33)44-2/h3,7-10,16-18,20-21,28-29,32,37,39,42H,1,4-6,11-15,19H2,2H3,(H,36,43)/t28-,29+,32+/m1/s1. The van der Waals surface area contributed by atoms with Crippen molar-refractivity contribution in [2.45, 2.75) is 56.8 Å². The van der Waals surface area contributed by atoms with Crippen LogP contribution in [0.1, 0.15) is 48.2 Å². The highest BCUT2D eigenvalue weighted by molar-refractivity contribution is 14.1. The zero-order chi connectivity index (χ0) is 32.3. The molecule has 0 saturated carbocycles. The van der Waals surface area contributed by atoms with Crippen LogP contribution in [-0.4, -0.2) is 83.3 Å². The van der Waals surface area contributed by atoms with Crippen molar-refractivity contribution < 1.29 is 34.1 Å². The van der Waals surface area contributed by atoms with Gasteiger partial charge in [-0.25, -0.2) is 0 Å². The monoisotopic (exact) mass is 729 g/mol. The Labute approximate surface area is 276 Å². The van der Waals surface area contributed by atoms with E-state index >= 15 is 0 Å². The highest BCUT2D eigenvalue weighted by Crippen LogP contribution is 2.37. The van der Waals surface area contributed by atoms with Crippen LogP contribution in [0.5, 0.6) is 11.5 Å². The Morgan fingerprint density at radius 1 is 1.22 bits per heavy atom. The number of methoxy groups -OCH3 is 1. The summed E-state index contributed by atoms with van der Waals surface area (Å²) in [5.74, 6) is 0.0612. The molecule has 240 valence electrons. The van der Waals surface area contributed by atoms with Crippen molar-refractivity contribution in [1.29, 1.82) is 0 Å². The van der Waals surface area contributed by atoms with Crippen LogP contribution in [0.15, 0.2) is 66.8 Å². The summed E-state index contributed by atoms with van der Waals surface area (Å²) in [4.78, 5) is 43.5. The molecule has 4 rings (SSSR count). The molecule has 4 N–H and O–H groups in total. The Bertz CT molecular complexity index is 1500. The lowest BCUT2D eigenvalue weighted by atomic mass is 9.87. The number of carbonyl (C=O) groups is 3. The number of amides is 2. The van der Waals surface area contributed by atoms with E-state index in [1.54, 1.807) is 17.0 Å². The highest BCUT2D eigenvalue weighted by Gasteiger charge is 2.40. The Kier molecular flexibility index (Phi) is 12.6. The molecule has 0 unspecified atom stereocenters. The largest absolute Gasteiger partial charge is 0.493 e. The van der Waals surface area contributed by atoms with E-state index in [4.69, 9.17) is 9.47 Å². The Hall–Kier alpha value is -3.68. The summed E-state index contributed by atoms with van der Waals surface area (Å²) in [5.41, 5.74) is 2.67. The number of aromatic amines is 1. The SMILES string of the molecule is C=CCCCCC(=O)N(CCc1cc2ccccc2[nH]1)[C@@H]1CC(C(=O)NCCO)=C[C@H](Oc2c(I)cc(C=O)cc2OC)[C@H]1O. The molecule has 2 aromatic carbocycles. The average molecular weight is 730 g/mol. The lowest BCUT2D eigenvalue weighted by molar-refractivity contribution is -0.138. The average Bonchev–Trinajstić information content (AvgIpc) is 3.47. The number of para-hydroxylation sites is 1. The molecule has 2 amide bonds. The molecule has 1 aliphatic rings. The van der Waals surface area contributed by atoms with E-state index < -0.39 is 24.2 Å². The number of aromatic nitrogens is 1. The van der Waals surface area contributed by atoms with Gasteiger partial charge in [-0.05, 0) is 77.6 Å². The predicted molar refractivity (Wildman–Crippen MR) is 180 cm³/mol. The van der Waals surface area contributed by atoms with Crippen molar-refractivity contribution in [2.24, 2.45) is 0 Å². The Balaban J connectivity index is 1.67. The first kappa shape index (κ1) is 34.2. The van der Waals surface area contributed by atoms with Gasteiger partial charge >= 0.3 is 0 Å². The molecule has 45 heavy (non-hydrogen) atoms. The minimum absolute atomic E-state index is 0.0557. The number of rotatable bonds is 16. The number of halogens is 1. The van der Waals surface area contributed by atoms with Crippen LogP contribution < -0.4 is 14.8 Å². The Morgan fingerprint density at radius 3 is 2.73 bits per heavy atom. The third-order valence-corrected chi connectivity index (χ3v) is 8.63. The molecule has 3 atom stereocenters. The molecule has 10 nitrogen and oxygen atoms in total. The molecule has 0 fully saturated rings. The topological polar surface area (TPSA) is 141 Å². The number of aliphatic hydroxyl groups is 2. The van der Waals surface area contributed by atoms with Gasteiger partial charge in [0.1, 0.15) is 18.5 Å². The van der Waals surface area contributed by atoms with Crippen molar-refractivity contribution in [3.63, 3.8) is 0 Å². The van der Waals surface area contributed by atoms with Crippen molar-refractivity contribution >= 4 is 51.6 Å². The predicted octanol–water partition coefficient (Wildman–Crippen LogP) is 4.33. The fourth-order valence-corrected chi connectivity index (χ4v) is 6.28. The molecule has 0 saturated heterocycles. The van der Waals surface area contributed by atoms with Gasteiger partial charge in [-0.3, -0.25) is 14.4 Å². The van der Waals surface area contributed by atoms with Gasteiger partial charge in [-0.1, -0.05) is 24.3 Å². The summed E-state index contributed by atoms with van der Waals surface area (Å²) >= 11 is 2.03. The summed E-state index contributed by atoms with van der Waals surface area (Å²) in [7, 11) is 1.45. The summed E-state index contributed by atoms with van der Waals surface area (Å²) in [6, 6.07) is 12.4. The second-order valence-corrected chi connectivity index (χ2v) is 12.1. The number of H-pyrrole nitrogens is 1. The molecule has 11 heteroatoms. The minimum atomic E-state index is -1.19. The summed E-state index contributed by atoms with van der Waals surface area (Å²) in [6.07, 6.45) is 5.04. The molecule has 0 aliphatic heterocycles. The lowest BCUT2D eigenvalue weighted by Crippen LogP contribution is -2.55. The van der Waals surface area contributed by atoms with E-state index in [1.807, 2.05) is 52.9 Å². The van der Waals surface area contributed by atoms with E-state index in [1.165, 1.54) is 13.2 Å². The third kappa shape index (κ3) is 8.74. The molecular formula is C34H40IN3O7. The number of aldehydes is 1. The van der Waals surface area contributed by atoms with E-state index in [-0.39, 0.29) is 31.9 Å². The number of nitrogens with one attached hydrogen (secondary N) is 2. The number of hydrogen-bond acceptors (Lipinski definition) is 7. The smallest absolute Gasteiger partial charge is 0.247 e. The Morgan fingerprint density at radius 2 is 2.02 bits per heavy atom. The molecule has 3 aromatic rings. The third-order valence-electron chi connectivity index (χ3n) is 7.83. The molecule has 1 aliphatic carbocycles. The number of allylic oxidation sites excluding steroid dienone is 1. The van der Waals surface area contributed by atoms with Crippen LogP contribution in [0.4, 0.5) is 0 Å². The summed E-state index contributed by atoms with van der Waals surface area (Å²) in [6.45, 7) is 3.89. The van der Waals surface area contributed by atoms with E-state index in [9.17, 15) is 24.6 Å². The van der Waals surface area contributed by atoms with Crippen molar-refractivity contribution in [2.75, 3.05) is 26.8 Å². The van der Waals surface area contributed by atoms with Crippen LogP contribution in [0, 0.1) is 3.57 Å². The number of nitrogens with zero attached hydrogens (tertiary/aromatic N) is 1. The molecule has 0 radical (unpaired) electrons. The number of unbranched alkanes of at least 4 members (excludes halogenated alkanes) is 2. The van der Waals surface area contributed by atoms with Crippen LogP contribution in [0.2, 0.25) is 0 Å². The van der Waals surface area contributed by atoms with E-state index in [2.05, 4.69) is 22.9 Å². The van der Waals surface area contributed by atoms with E-state index in [0.717, 1.165) is 29.4 Å². The zero-order valence-corrected chi connectivity index (χ0v) is 27.5. The highest BCUT2D eigenvalue weighted by atomic mass is 127. The zero-order valence-electron chi connectivity index (χ0n) is 25.3. The van der Waals surface area contributed by atoms with Crippen LogP contribution in [-0.2, 0) is 16.0 Å². The van der Waals surface area contributed by atoms with Crippen molar-refractivity contribution in [3.8, 4) is 11.5 Å². The number of ether oxygens (including phenoxy) is 2. The maximum atomic E-state index is 13.8. The second kappa shape index (κ2) is 16.6. The summed E-state index contributed by atoms with van der Waals surface area (Å²) < 4.78 is 12.4. The van der Waals surface area contributed by atoms with Crippen molar-refractivity contribution in [3.05, 3.63) is 81.6 Å². The lowest BCUT2D eigenvalue weighted by Gasteiger charge is -2.40. The van der Waals surface area contributed by atoms with Crippen molar-refractivity contribution in [1.82, 2.24) is 15.2 Å². The number of hydrogen-bond donors (Lipinski definition) is 4. The van der Waals surface area contributed by atoms with Crippen LogP contribution in [0.25, 0.3) is 10.9 Å². The quantitative estimate of drug-likeness (QED) is 0.0745. The molecule has 0 spiro atoms. The minimum Gasteiger partial charge on any atom is -0.493 e. The molecular weight excluding hydrogens is 689 g/mol. The molecule has 1 aromatic heterocycles. The first-order chi connectivity index (χ1) is 21.8. The van der Waals surface area contributed by atoms with Gasteiger partial charge in [0.25, 0.3) is 0 Å². The van der Waals surface area contributed by atoms with Gasteiger partial charge < -0.3 is 34.9 Å². The van der Waals surface area contributed by atoms with Crippen LogP contribution in [0.3, 0.4) is 0 Å². The first-order valence-corrected chi connectivity index (χ1v) is 16.1. The second-order valence-electron chi connectivity index (χ2n) is 10.9. The number of benzene rings is 2. The van der Waals surface area contributed by atoms with Crippen LogP contribution >= 0.6 is 22.6 Å². The van der Waals surface area contributed by atoms with E-state index in [0.29, 0.717) is 51.9 Å². The number of aliphatic hydroxyl groups excluding tert-OH is 2. The normalized spacial score (nSPS) is 17.8. The maximum Gasteiger partial charge on any atom is 0.247 e. The number of fused-ring (bicyclic) bond motifs is 1. The van der Waals surface area contributed by atoms with Gasteiger partial charge in [0.05, 0.1) is 23.3 Å². The van der Waals surface area contributed by atoms with Gasteiger partial charge in [-0.2, -0.15) is 0 Å². The fraction of sp³-hybridized carbons (Fsp3) is 0.382.